The number of hydrogen-bond acceptors (Lipinski definition) is 5. The van der Waals surface area contributed by atoms with Crippen LogP contribution >= 0.6 is 0 Å². The van der Waals surface area contributed by atoms with E-state index in [0.717, 1.165) is 12.8 Å². The van der Waals surface area contributed by atoms with Crippen LogP contribution in [-0.4, -0.2) is 58.2 Å². The molecular formula is C16H23N3O4. The van der Waals surface area contributed by atoms with Crippen molar-refractivity contribution in [1.82, 2.24) is 15.0 Å². The van der Waals surface area contributed by atoms with Crippen LogP contribution in [0.25, 0.3) is 0 Å². The molecule has 1 aromatic heterocycles. The Kier molecular flexibility index (Phi) is 4.28. The normalized spacial score (nSPS) is 21.6. The predicted octanol–water partition coefficient (Wildman–Crippen LogP) is 2.29. The molecular weight excluding hydrogens is 298 g/mol. The van der Waals surface area contributed by atoms with Crippen molar-refractivity contribution in [2.75, 3.05) is 19.6 Å². The van der Waals surface area contributed by atoms with Crippen LogP contribution in [0.2, 0.25) is 0 Å². The van der Waals surface area contributed by atoms with E-state index in [1.54, 1.807) is 11.0 Å². The van der Waals surface area contributed by atoms with E-state index in [4.69, 9.17) is 9.26 Å². The zero-order valence-corrected chi connectivity index (χ0v) is 13.7. The fraction of sp³-hybridized carbons (Fsp3) is 0.688. The Bertz CT molecular complexity index is 564. The number of amides is 2. The van der Waals surface area contributed by atoms with Crippen LogP contribution in [0.3, 0.4) is 0 Å². The maximum absolute atomic E-state index is 12.3. The minimum absolute atomic E-state index is 0.130. The number of rotatable bonds is 4. The van der Waals surface area contributed by atoms with E-state index in [0.29, 0.717) is 38.2 Å². The first-order chi connectivity index (χ1) is 11.0. The van der Waals surface area contributed by atoms with Crippen molar-refractivity contribution in [3.8, 4) is 0 Å². The molecule has 7 heteroatoms. The van der Waals surface area contributed by atoms with Gasteiger partial charge in [0.2, 0.25) is 0 Å². The Morgan fingerprint density at radius 2 is 2.17 bits per heavy atom. The van der Waals surface area contributed by atoms with Crippen LogP contribution in [0, 0.1) is 0 Å². The van der Waals surface area contributed by atoms with Crippen molar-refractivity contribution >= 4 is 12.0 Å². The molecule has 2 aliphatic heterocycles. The summed E-state index contributed by atoms with van der Waals surface area (Å²) in [6, 6.07) is 1.76. The first-order valence-electron chi connectivity index (χ1n) is 8.24. The summed E-state index contributed by atoms with van der Waals surface area (Å²) in [6.07, 6.45) is 4.52. The summed E-state index contributed by atoms with van der Waals surface area (Å²) < 4.78 is 10.4. The fourth-order valence-electron chi connectivity index (χ4n) is 3.42. The molecule has 2 aliphatic rings. The van der Waals surface area contributed by atoms with Crippen molar-refractivity contribution < 1.29 is 18.8 Å². The molecule has 2 saturated heterocycles. The minimum Gasteiger partial charge on any atom is -0.441 e. The SMILES string of the molecule is CCCC(C)N1CC2(CCN(C(=O)c3ccon3)CC2)OC1=O. The molecule has 1 unspecified atom stereocenters. The van der Waals surface area contributed by atoms with E-state index in [-0.39, 0.29) is 18.0 Å². The average molecular weight is 321 g/mol. The monoisotopic (exact) mass is 321 g/mol. The van der Waals surface area contributed by atoms with Crippen molar-refractivity contribution in [1.29, 1.82) is 0 Å². The summed E-state index contributed by atoms with van der Waals surface area (Å²) in [5, 5.41) is 3.69. The summed E-state index contributed by atoms with van der Waals surface area (Å²) in [5.74, 6) is -0.130. The molecule has 0 radical (unpaired) electrons. The topological polar surface area (TPSA) is 75.9 Å². The van der Waals surface area contributed by atoms with E-state index in [2.05, 4.69) is 19.0 Å². The summed E-state index contributed by atoms with van der Waals surface area (Å²) in [4.78, 5) is 28.0. The van der Waals surface area contributed by atoms with Gasteiger partial charge in [0.05, 0.1) is 6.54 Å². The highest BCUT2D eigenvalue weighted by Crippen LogP contribution is 2.35. The van der Waals surface area contributed by atoms with Crippen LogP contribution < -0.4 is 0 Å². The lowest BCUT2D eigenvalue weighted by molar-refractivity contribution is 0.00280. The Labute approximate surface area is 135 Å². The quantitative estimate of drug-likeness (QED) is 0.850. The number of nitrogens with zero attached hydrogens (tertiary/aromatic N) is 3. The Hall–Kier alpha value is -2.05. The first kappa shape index (κ1) is 15.8. The third-order valence-corrected chi connectivity index (χ3v) is 4.85. The number of aromatic nitrogens is 1. The van der Waals surface area contributed by atoms with Crippen LogP contribution in [0.1, 0.15) is 50.0 Å². The molecule has 3 heterocycles. The van der Waals surface area contributed by atoms with Gasteiger partial charge in [-0.3, -0.25) is 4.79 Å². The average Bonchev–Trinajstić information content (AvgIpc) is 3.16. The second-order valence-corrected chi connectivity index (χ2v) is 6.49. The molecule has 2 amide bonds. The van der Waals surface area contributed by atoms with Gasteiger partial charge in [0.15, 0.2) is 5.69 Å². The van der Waals surface area contributed by atoms with Gasteiger partial charge in [0, 0.05) is 38.0 Å². The van der Waals surface area contributed by atoms with Crippen LogP contribution in [0.5, 0.6) is 0 Å². The van der Waals surface area contributed by atoms with Gasteiger partial charge in [0.1, 0.15) is 11.9 Å². The zero-order valence-electron chi connectivity index (χ0n) is 13.7. The van der Waals surface area contributed by atoms with Gasteiger partial charge in [-0.2, -0.15) is 0 Å². The van der Waals surface area contributed by atoms with Crippen molar-refractivity contribution in [3.05, 3.63) is 18.0 Å². The Balaban J connectivity index is 1.60. The molecule has 1 atom stereocenters. The fourth-order valence-corrected chi connectivity index (χ4v) is 3.42. The van der Waals surface area contributed by atoms with Gasteiger partial charge in [-0.15, -0.1) is 0 Å². The standard InChI is InChI=1S/C16H23N3O4/c1-3-4-12(2)19-11-16(23-15(19)21)6-8-18(9-7-16)14(20)13-5-10-22-17-13/h5,10,12H,3-4,6-9,11H2,1-2H3. The van der Waals surface area contributed by atoms with Gasteiger partial charge >= 0.3 is 6.09 Å². The van der Waals surface area contributed by atoms with Crippen LogP contribution in [0.4, 0.5) is 4.79 Å². The zero-order chi connectivity index (χ0) is 16.4. The van der Waals surface area contributed by atoms with E-state index in [1.807, 2.05) is 4.90 Å². The van der Waals surface area contributed by atoms with E-state index >= 15 is 0 Å². The highest BCUT2D eigenvalue weighted by Gasteiger charge is 2.48. The molecule has 0 aromatic carbocycles. The highest BCUT2D eigenvalue weighted by atomic mass is 16.6. The molecule has 0 saturated carbocycles. The summed E-state index contributed by atoms with van der Waals surface area (Å²) >= 11 is 0. The smallest absolute Gasteiger partial charge is 0.410 e. The Morgan fingerprint density at radius 1 is 1.43 bits per heavy atom. The molecule has 126 valence electrons. The number of carbonyl (C=O) groups excluding carboxylic acids is 2. The predicted molar refractivity (Wildman–Crippen MR) is 81.9 cm³/mol. The van der Waals surface area contributed by atoms with Gasteiger partial charge in [-0.05, 0) is 13.3 Å². The molecule has 23 heavy (non-hydrogen) atoms. The first-order valence-corrected chi connectivity index (χ1v) is 8.24. The Morgan fingerprint density at radius 3 is 2.78 bits per heavy atom. The molecule has 2 fully saturated rings. The number of carbonyl (C=O) groups is 2. The van der Waals surface area contributed by atoms with Crippen molar-refractivity contribution in [2.45, 2.75) is 51.2 Å². The van der Waals surface area contributed by atoms with Crippen molar-refractivity contribution in [2.24, 2.45) is 0 Å². The highest BCUT2D eigenvalue weighted by molar-refractivity contribution is 5.92. The molecule has 0 bridgehead atoms. The molecule has 1 spiro atoms. The van der Waals surface area contributed by atoms with Gasteiger partial charge in [-0.1, -0.05) is 18.5 Å². The summed E-state index contributed by atoms with van der Waals surface area (Å²) in [7, 11) is 0. The molecule has 1 aromatic rings. The number of likely N-dealkylation sites (tertiary alicyclic amines) is 1. The second-order valence-electron chi connectivity index (χ2n) is 6.49. The lowest BCUT2D eigenvalue weighted by Gasteiger charge is -2.37. The number of hydrogen-bond donors (Lipinski definition) is 0. The third kappa shape index (κ3) is 3.04. The van der Waals surface area contributed by atoms with Crippen LogP contribution in [0.15, 0.2) is 16.9 Å². The maximum Gasteiger partial charge on any atom is 0.410 e. The third-order valence-electron chi connectivity index (χ3n) is 4.85. The molecule has 0 N–H and O–H groups in total. The van der Waals surface area contributed by atoms with Gasteiger partial charge in [0.25, 0.3) is 5.91 Å². The number of piperidine rings is 1. The summed E-state index contributed by atoms with van der Waals surface area (Å²) in [5.41, 5.74) is -0.123. The summed E-state index contributed by atoms with van der Waals surface area (Å²) in [6.45, 7) is 5.93. The lowest BCUT2D eigenvalue weighted by Crippen LogP contribution is -2.49. The lowest BCUT2D eigenvalue weighted by atomic mass is 9.90. The minimum atomic E-state index is -0.445. The van der Waals surface area contributed by atoms with Crippen molar-refractivity contribution in [3.63, 3.8) is 0 Å². The largest absolute Gasteiger partial charge is 0.441 e. The van der Waals surface area contributed by atoms with Gasteiger partial charge < -0.3 is 19.1 Å². The van der Waals surface area contributed by atoms with Crippen LogP contribution in [-0.2, 0) is 4.74 Å². The second kappa shape index (κ2) is 6.22. The van der Waals surface area contributed by atoms with E-state index < -0.39 is 5.60 Å². The van der Waals surface area contributed by atoms with Gasteiger partial charge in [-0.25, -0.2) is 4.79 Å². The van der Waals surface area contributed by atoms with E-state index in [1.165, 1.54) is 6.26 Å². The molecule has 3 rings (SSSR count). The molecule has 0 aliphatic carbocycles. The van der Waals surface area contributed by atoms with E-state index in [9.17, 15) is 9.59 Å². The maximum atomic E-state index is 12.3. The molecule has 7 nitrogen and oxygen atoms in total. The number of ether oxygens (including phenoxy) is 1.